The summed E-state index contributed by atoms with van der Waals surface area (Å²) in [7, 11) is 0. The van der Waals surface area contributed by atoms with E-state index in [0.29, 0.717) is 0 Å². The summed E-state index contributed by atoms with van der Waals surface area (Å²) < 4.78 is 0. The third-order valence-electron chi connectivity index (χ3n) is 2.58. The van der Waals surface area contributed by atoms with Gasteiger partial charge >= 0.3 is 0 Å². The van der Waals surface area contributed by atoms with Crippen molar-refractivity contribution in [3.05, 3.63) is 12.2 Å². The smallest absolute Gasteiger partial charge is 0.0159 e. The number of hydrogen-bond acceptors (Lipinski definition) is 1. The lowest BCUT2D eigenvalue weighted by atomic mass is 9.89. The minimum atomic E-state index is 0.943. The first-order chi connectivity index (χ1) is 5.79. The van der Waals surface area contributed by atoms with E-state index in [-0.39, 0.29) is 0 Å². The highest BCUT2D eigenvalue weighted by Gasteiger charge is 2.11. The third kappa shape index (κ3) is 3.91. The second-order valence-corrected chi connectivity index (χ2v) is 4.09. The van der Waals surface area contributed by atoms with Crippen LogP contribution in [0.15, 0.2) is 12.2 Å². The molecule has 0 atom stereocenters. The van der Waals surface area contributed by atoms with E-state index in [0.717, 1.165) is 12.5 Å². The van der Waals surface area contributed by atoms with Gasteiger partial charge in [0.2, 0.25) is 0 Å². The van der Waals surface area contributed by atoms with Crippen LogP contribution in [0.1, 0.15) is 39.0 Å². The lowest BCUT2D eigenvalue weighted by molar-refractivity contribution is 0.346. The first-order valence-corrected chi connectivity index (χ1v) is 5.14. The van der Waals surface area contributed by atoms with Crippen molar-refractivity contribution in [1.29, 1.82) is 0 Å². The van der Waals surface area contributed by atoms with Crippen LogP contribution in [-0.4, -0.2) is 13.1 Å². The van der Waals surface area contributed by atoms with E-state index in [1.807, 2.05) is 0 Å². The molecule has 0 saturated heterocycles. The van der Waals surface area contributed by atoms with Gasteiger partial charge < -0.3 is 5.32 Å². The summed E-state index contributed by atoms with van der Waals surface area (Å²) in [6.45, 7) is 8.15. The molecule has 0 unspecified atom stereocenters. The van der Waals surface area contributed by atoms with Gasteiger partial charge in [0.05, 0.1) is 0 Å². The Kier molecular flexibility index (Phi) is 4.37. The molecule has 1 nitrogen and oxygen atoms in total. The molecule has 12 heavy (non-hydrogen) atoms. The Hall–Kier alpha value is -0.300. The Morgan fingerprint density at radius 1 is 1.33 bits per heavy atom. The van der Waals surface area contributed by atoms with Crippen molar-refractivity contribution in [2.24, 2.45) is 5.92 Å². The first kappa shape index (κ1) is 9.79. The molecule has 1 fully saturated rings. The third-order valence-corrected chi connectivity index (χ3v) is 2.58. The Morgan fingerprint density at radius 3 is 2.58 bits per heavy atom. The highest BCUT2D eigenvalue weighted by Crippen LogP contribution is 2.22. The van der Waals surface area contributed by atoms with Gasteiger partial charge in [0.1, 0.15) is 0 Å². The summed E-state index contributed by atoms with van der Waals surface area (Å²) in [6, 6.07) is 0. The topological polar surface area (TPSA) is 12.0 Å². The summed E-state index contributed by atoms with van der Waals surface area (Å²) in [5, 5.41) is 3.46. The molecular formula is C11H21N. The van der Waals surface area contributed by atoms with Crippen LogP contribution in [0, 0.1) is 5.92 Å². The van der Waals surface area contributed by atoms with E-state index < -0.39 is 0 Å². The molecule has 1 N–H and O–H groups in total. The van der Waals surface area contributed by atoms with E-state index in [4.69, 9.17) is 0 Å². The second kappa shape index (κ2) is 5.36. The molecule has 1 aliphatic rings. The van der Waals surface area contributed by atoms with Crippen molar-refractivity contribution in [3.8, 4) is 0 Å². The molecule has 0 aromatic carbocycles. The molecule has 0 amide bonds. The predicted molar refractivity (Wildman–Crippen MR) is 54.3 cm³/mol. The van der Waals surface area contributed by atoms with Gasteiger partial charge in [0, 0.05) is 6.54 Å². The maximum absolute atomic E-state index is 3.88. The molecule has 0 heterocycles. The van der Waals surface area contributed by atoms with E-state index >= 15 is 0 Å². The fraction of sp³-hybridized carbons (Fsp3) is 0.818. The number of nitrogens with one attached hydrogen (secondary N) is 1. The highest BCUT2D eigenvalue weighted by molar-refractivity contribution is 4.90. The van der Waals surface area contributed by atoms with Crippen molar-refractivity contribution in [1.82, 2.24) is 5.32 Å². The fourth-order valence-electron chi connectivity index (χ4n) is 1.88. The van der Waals surface area contributed by atoms with Crippen molar-refractivity contribution >= 4 is 0 Å². The quantitative estimate of drug-likeness (QED) is 0.635. The number of rotatable bonds is 4. The summed E-state index contributed by atoms with van der Waals surface area (Å²) in [5.41, 5.74) is 1.24. The zero-order chi connectivity index (χ0) is 8.81. The van der Waals surface area contributed by atoms with Crippen LogP contribution in [0.5, 0.6) is 0 Å². The fourth-order valence-corrected chi connectivity index (χ4v) is 1.88. The van der Waals surface area contributed by atoms with Gasteiger partial charge in [-0.05, 0) is 32.2 Å². The first-order valence-electron chi connectivity index (χ1n) is 5.14. The zero-order valence-corrected chi connectivity index (χ0v) is 8.23. The summed E-state index contributed by atoms with van der Waals surface area (Å²) >= 11 is 0. The maximum Gasteiger partial charge on any atom is 0.0159 e. The summed E-state index contributed by atoms with van der Waals surface area (Å²) in [5.74, 6) is 0.943. The largest absolute Gasteiger partial charge is 0.313 e. The molecule has 1 saturated carbocycles. The van der Waals surface area contributed by atoms with Crippen molar-refractivity contribution in [2.75, 3.05) is 13.1 Å². The monoisotopic (exact) mass is 167 g/mol. The van der Waals surface area contributed by atoms with Crippen LogP contribution in [0.2, 0.25) is 0 Å². The van der Waals surface area contributed by atoms with Gasteiger partial charge in [-0.2, -0.15) is 0 Å². The van der Waals surface area contributed by atoms with E-state index in [9.17, 15) is 0 Å². The predicted octanol–water partition coefficient (Wildman–Crippen LogP) is 2.73. The van der Waals surface area contributed by atoms with Crippen molar-refractivity contribution < 1.29 is 0 Å². The van der Waals surface area contributed by atoms with Gasteiger partial charge in [0.25, 0.3) is 0 Å². The Labute approximate surface area is 76.2 Å². The minimum Gasteiger partial charge on any atom is -0.313 e. The average Bonchev–Trinajstić information content (AvgIpc) is 2.05. The van der Waals surface area contributed by atoms with E-state index in [2.05, 4.69) is 18.8 Å². The lowest BCUT2D eigenvalue weighted by Crippen LogP contribution is -2.25. The van der Waals surface area contributed by atoms with Gasteiger partial charge in [-0.25, -0.2) is 0 Å². The van der Waals surface area contributed by atoms with Gasteiger partial charge in [-0.3, -0.25) is 0 Å². The molecular weight excluding hydrogens is 146 g/mol. The van der Waals surface area contributed by atoms with Crippen LogP contribution in [0.4, 0.5) is 0 Å². The molecule has 0 aromatic heterocycles. The molecule has 0 spiro atoms. The van der Waals surface area contributed by atoms with Crippen molar-refractivity contribution in [2.45, 2.75) is 39.0 Å². The Bertz CT molecular complexity index is 134. The van der Waals surface area contributed by atoms with Crippen LogP contribution in [0.3, 0.4) is 0 Å². The molecule has 0 aliphatic heterocycles. The lowest BCUT2D eigenvalue weighted by Gasteiger charge is -2.21. The van der Waals surface area contributed by atoms with Gasteiger partial charge in [0.15, 0.2) is 0 Å². The SMILES string of the molecule is C=C(C)CNCC1CCCCC1. The average molecular weight is 167 g/mol. The summed E-state index contributed by atoms with van der Waals surface area (Å²) in [6.07, 6.45) is 7.21. The normalized spacial score (nSPS) is 19.4. The van der Waals surface area contributed by atoms with Crippen molar-refractivity contribution in [3.63, 3.8) is 0 Å². The molecule has 0 aromatic rings. The standard InChI is InChI=1S/C11H21N/c1-10(2)8-12-9-11-6-4-3-5-7-11/h11-12H,1,3-9H2,2H3. The molecule has 1 aliphatic carbocycles. The van der Waals surface area contributed by atoms with E-state index in [1.54, 1.807) is 0 Å². The molecule has 1 rings (SSSR count). The second-order valence-electron chi connectivity index (χ2n) is 4.09. The Morgan fingerprint density at radius 2 is 2.00 bits per heavy atom. The van der Waals surface area contributed by atoms with Crippen LogP contribution in [0.25, 0.3) is 0 Å². The molecule has 70 valence electrons. The molecule has 1 heteroatoms. The highest BCUT2D eigenvalue weighted by atomic mass is 14.9. The van der Waals surface area contributed by atoms with E-state index in [1.165, 1.54) is 44.2 Å². The number of hydrogen-bond donors (Lipinski definition) is 1. The Balaban J connectivity index is 2.01. The van der Waals surface area contributed by atoms with Gasteiger partial charge in [-0.1, -0.05) is 31.4 Å². The van der Waals surface area contributed by atoms with Crippen LogP contribution in [-0.2, 0) is 0 Å². The maximum atomic E-state index is 3.88. The molecule has 0 bridgehead atoms. The molecule has 0 radical (unpaired) electrons. The van der Waals surface area contributed by atoms with Crippen LogP contribution >= 0.6 is 0 Å². The minimum absolute atomic E-state index is 0.943. The van der Waals surface area contributed by atoms with Crippen LogP contribution < -0.4 is 5.32 Å². The zero-order valence-electron chi connectivity index (χ0n) is 8.23. The van der Waals surface area contributed by atoms with Gasteiger partial charge in [-0.15, -0.1) is 0 Å². The summed E-state index contributed by atoms with van der Waals surface area (Å²) in [4.78, 5) is 0.